The van der Waals surface area contributed by atoms with Crippen molar-refractivity contribution >= 4 is 11.6 Å². The fourth-order valence-electron chi connectivity index (χ4n) is 3.63. The largest absolute Gasteiger partial charge is 0.392 e. The van der Waals surface area contributed by atoms with Crippen molar-refractivity contribution in [2.45, 2.75) is 58.5 Å². The van der Waals surface area contributed by atoms with Crippen molar-refractivity contribution in [2.24, 2.45) is 11.3 Å². The number of rotatable bonds is 5. The summed E-state index contributed by atoms with van der Waals surface area (Å²) < 4.78 is 0. The van der Waals surface area contributed by atoms with Gasteiger partial charge in [-0.15, -0.1) is 0 Å². The van der Waals surface area contributed by atoms with E-state index in [0.717, 1.165) is 17.9 Å². The van der Waals surface area contributed by atoms with Crippen LogP contribution in [-0.2, 0) is 6.42 Å². The summed E-state index contributed by atoms with van der Waals surface area (Å²) in [5.41, 5.74) is 1.33. The molecule has 1 fully saturated rings. The molecule has 1 saturated carbocycles. The smallest absolute Gasteiger partial charge is 0.0636 e. The third kappa shape index (κ3) is 3.73. The van der Waals surface area contributed by atoms with E-state index in [0.29, 0.717) is 5.92 Å². The van der Waals surface area contributed by atoms with Crippen LogP contribution in [0.3, 0.4) is 0 Å². The fourth-order valence-corrected chi connectivity index (χ4v) is 3.75. The fraction of sp³-hybridized carbons (Fsp3) is 0.647. The monoisotopic (exact) mass is 280 g/mol. The SMILES string of the molecule is CC(C)CC1(C(O)Cc2ccc(Cl)cc2)CCCC1. The number of benzene rings is 1. The minimum Gasteiger partial charge on any atom is -0.392 e. The highest BCUT2D eigenvalue weighted by molar-refractivity contribution is 6.30. The molecule has 1 aliphatic rings. The van der Waals surface area contributed by atoms with Gasteiger partial charge in [-0.2, -0.15) is 0 Å². The Bertz CT molecular complexity index is 390. The Hall–Kier alpha value is -0.530. The van der Waals surface area contributed by atoms with E-state index in [1.54, 1.807) is 0 Å². The molecule has 0 heterocycles. The van der Waals surface area contributed by atoms with Crippen molar-refractivity contribution in [1.29, 1.82) is 0 Å². The van der Waals surface area contributed by atoms with Crippen LogP contribution in [-0.4, -0.2) is 11.2 Å². The molecule has 1 nitrogen and oxygen atoms in total. The molecule has 0 bridgehead atoms. The Balaban J connectivity index is 2.07. The molecule has 1 N–H and O–H groups in total. The van der Waals surface area contributed by atoms with Gasteiger partial charge in [-0.25, -0.2) is 0 Å². The van der Waals surface area contributed by atoms with Crippen molar-refractivity contribution in [3.8, 4) is 0 Å². The van der Waals surface area contributed by atoms with Crippen LogP contribution in [0, 0.1) is 11.3 Å². The Labute approximate surface area is 122 Å². The van der Waals surface area contributed by atoms with Gasteiger partial charge in [0.15, 0.2) is 0 Å². The quantitative estimate of drug-likeness (QED) is 0.817. The molecule has 106 valence electrons. The van der Waals surface area contributed by atoms with Gasteiger partial charge in [0.05, 0.1) is 6.10 Å². The Morgan fingerprint density at radius 3 is 2.26 bits per heavy atom. The van der Waals surface area contributed by atoms with Crippen LogP contribution in [0.15, 0.2) is 24.3 Å². The van der Waals surface area contributed by atoms with Crippen molar-refractivity contribution in [3.63, 3.8) is 0 Å². The van der Waals surface area contributed by atoms with Gasteiger partial charge in [0.1, 0.15) is 0 Å². The summed E-state index contributed by atoms with van der Waals surface area (Å²) in [6.07, 6.45) is 6.57. The van der Waals surface area contributed by atoms with E-state index in [2.05, 4.69) is 13.8 Å². The number of aliphatic hydroxyl groups is 1. The van der Waals surface area contributed by atoms with E-state index in [9.17, 15) is 5.11 Å². The second-order valence-corrected chi connectivity index (χ2v) is 6.95. The highest BCUT2D eigenvalue weighted by Gasteiger charge is 2.40. The third-order valence-electron chi connectivity index (χ3n) is 4.46. The maximum Gasteiger partial charge on any atom is 0.0636 e. The Morgan fingerprint density at radius 2 is 1.74 bits per heavy atom. The molecule has 19 heavy (non-hydrogen) atoms. The van der Waals surface area contributed by atoms with Crippen LogP contribution in [0.1, 0.15) is 51.5 Å². The lowest BCUT2D eigenvalue weighted by atomic mass is 9.72. The summed E-state index contributed by atoms with van der Waals surface area (Å²) in [6.45, 7) is 4.52. The highest BCUT2D eigenvalue weighted by atomic mass is 35.5. The molecular weight excluding hydrogens is 256 g/mol. The molecule has 1 unspecified atom stereocenters. The van der Waals surface area contributed by atoms with Crippen LogP contribution in [0.4, 0.5) is 0 Å². The average molecular weight is 281 g/mol. The topological polar surface area (TPSA) is 20.2 Å². The molecule has 1 aromatic carbocycles. The molecule has 1 aromatic rings. The predicted molar refractivity (Wildman–Crippen MR) is 81.5 cm³/mol. The first-order valence-electron chi connectivity index (χ1n) is 7.44. The molecule has 1 aliphatic carbocycles. The zero-order valence-corrected chi connectivity index (χ0v) is 12.8. The van der Waals surface area contributed by atoms with Gasteiger partial charge < -0.3 is 5.11 Å². The lowest BCUT2D eigenvalue weighted by Gasteiger charge is -2.36. The van der Waals surface area contributed by atoms with Crippen molar-refractivity contribution in [1.82, 2.24) is 0 Å². The summed E-state index contributed by atoms with van der Waals surface area (Å²) in [6, 6.07) is 7.88. The minimum absolute atomic E-state index is 0.147. The summed E-state index contributed by atoms with van der Waals surface area (Å²) in [7, 11) is 0. The zero-order chi connectivity index (χ0) is 13.9. The molecule has 0 radical (unpaired) electrons. The van der Waals surface area contributed by atoms with E-state index in [4.69, 9.17) is 11.6 Å². The summed E-state index contributed by atoms with van der Waals surface area (Å²) in [4.78, 5) is 0. The van der Waals surface area contributed by atoms with Crippen LogP contribution in [0.25, 0.3) is 0 Å². The lowest BCUT2D eigenvalue weighted by molar-refractivity contribution is 0.0134. The van der Waals surface area contributed by atoms with E-state index in [1.807, 2.05) is 24.3 Å². The summed E-state index contributed by atoms with van der Waals surface area (Å²) in [5.74, 6) is 0.651. The van der Waals surface area contributed by atoms with Gasteiger partial charge >= 0.3 is 0 Å². The van der Waals surface area contributed by atoms with Gasteiger partial charge in [-0.1, -0.05) is 50.4 Å². The van der Waals surface area contributed by atoms with E-state index >= 15 is 0 Å². The Kier molecular flexibility index (Phi) is 4.92. The number of halogens is 1. The molecule has 0 aromatic heterocycles. The molecule has 0 amide bonds. The maximum atomic E-state index is 10.7. The molecular formula is C17H25ClO. The van der Waals surface area contributed by atoms with Crippen LogP contribution in [0.2, 0.25) is 5.02 Å². The maximum absolute atomic E-state index is 10.7. The second kappa shape index (κ2) is 6.28. The van der Waals surface area contributed by atoms with Crippen molar-refractivity contribution < 1.29 is 5.11 Å². The van der Waals surface area contributed by atoms with Gasteiger partial charge in [0.2, 0.25) is 0 Å². The molecule has 2 rings (SSSR count). The van der Waals surface area contributed by atoms with Crippen LogP contribution in [0.5, 0.6) is 0 Å². The minimum atomic E-state index is -0.224. The van der Waals surface area contributed by atoms with Gasteiger partial charge in [0, 0.05) is 5.02 Å². The number of hydrogen-bond donors (Lipinski definition) is 1. The first-order valence-corrected chi connectivity index (χ1v) is 7.82. The summed E-state index contributed by atoms with van der Waals surface area (Å²) in [5, 5.41) is 11.5. The van der Waals surface area contributed by atoms with Crippen molar-refractivity contribution in [2.75, 3.05) is 0 Å². The van der Waals surface area contributed by atoms with Crippen LogP contribution >= 0.6 is 11.6 Å². The molecule has 0 spiro atoms. The Morgan fingerprint density at radius 1 is 1.16 bits per heavy atom. The summed E-state index contributed by atoms with van der Waals surface area (Å²) >= 11 is 5.91. The average Bonchev–Trinajstić information content (AvgIpc) is 2.81. The van der Waals surface area contributed by atoms with Gasteiger partial charge in [0.25, 0.3) is 0 Å². The standard InChI is InChI=1S/C17H25ClO/c1-13(2)12-17(9-3-4-10-17)16(19)11-14-5-7-15(18)8-6-14/h5-8,13,16,19H,3-4,9-12H2,1-2H3. The van der Waals surface area contributed by atoms with Gasteiger partial charge in [-0.3, -0.25) is 0 Å². The zero-order valence-electron chi connectivity index (χ0n) is 12.0. The molecule has 0 saturated heterocycles. The van der Waals surface area contributed by atoms with Crippen LogP contribution < -0.4 is 0 Å². The normalized spacial score (nSPS) is 19.8. The number of aliphatic hydroxyl groups excluding tert-OH is 1. The van der Waals surface area contributed by atoms with E-state index < -0.39 is 0 Å². The first kappa shape index (κ1) is 14.9. The molecule has 2 heteroatoms. The number of hydrogen-bond acceptors (Lipinski definition) is 1. The lowest BCUT2D eigenvalue weighted by Crippen LogP contribution is -2.35. The third-order valence-corrected chi connectivity index (χ3v) is 4.72. The highest BCUT2D eigenvalue weighted by Crippen LogP contribution is 2.46. The van der Waals surface area contributed by atoms with E-state index in [-0.39, 0.29) is 11.5 Å². The molecule has 0 aliphatic heterocycles. The predicted octanol–water partition coefficient (Wildman–Crippen LogP) is 4.85. The first-order chi connectivity index (χ1) is 9.02. The second-order valence-electron chi connectivity index (χ2n) is 6.51. The van der Waals surface area contributed by atoms with E-state index in [1.165, 1.54) is 31.2 Å². The van der Waals surface area contributed by atoms with Crippen molar-refractivity contribution in [3.05, 3.63) is 34.9 Å². The van der Waals surface area contributed by atoms with Gasteiger partial charge in [-0.05, 0) is 54.7 Å². The molecule has 1 atom stereocenters.